The number of para-hydroxylation sites is 1. The fourth-order valence-corrected chi connectivity index (χ4v) is 2.31. The van der Waals surface area contributed by atoms with Gasteiger partial charge in [-0.15, -0.1) is 0 Å². The Balaban J connectivity index is 2.00. The minimum atomic E-state index is -1.06. The van der Waals surface area contributed by atoms with Crippen LogP contribution in [-0.2, 0) is 6.42 Å². The number of halogens is 2. The van der Waals surface area contributed by atoms with E-state index >= 15 is 0 Å². The Bertz CT molecular complexity index is 767. The topological polar surface area (TPSA) is 46.0 Å². The maximum atomic E-state index is 13.7. The number of fused-ring (bicyclic) bond motifs is 1. The average molecular weight is 286 g/mol. The monoisotopic (exact) mass is 286 g/mol. The van der Waals surface area contributed by atoms with Crippen molar-refractivity contribution in [1.82, 2.24) is 9.97 Å². The van der Waals surface area contributed by atoms with Crippen LogP contribution in [0.25, 0.3) is 11.0 Å². The molecule has 0 fully saturated rings. The first kappa shape index (κ1) is 13.6. The maximum Gasteiger partial charge on any atom is 0.129 e. The van der Waals surface area contributed by atoms with Crippen LogP contribution in [0.1, 0.15) is 17.2 Å². The molecule has 3 aromatic rings. The molecular weight excluding hydrogens is 274 g/mol. The van der Waals surface area contributed by atoms with E-state index in [1.54, 1.807) is 24.4 Å². The van der Waals surface area contributed by atoms with E-state index in [0.29, 0.717) is 16.6 Å². The maximum absolute atomic E-state index is 13.7. The van der Waals surface area contributed by atoms with Crippen LogP contribution in [-0.4, -0.2) is 15.1 Å². The molecule has 5 heteroatoms. The van der Waals surface area contributed by atoms with Gasteiger partial charge in [0.05, 0.1) is 17.1 Å². The SMILES string of the molecule is OC(Cc1c(F)cccc1F)c1cccc2nccnc12. The molecule has 106 valence electrons. The molecule has 0 aliphatic rings. The molecule has 2 aromatic carbocycles. The Morgan fingerprint density at radius 3 is 2.38 bits per heavy atom. The van der Waals surface area contributed by atoms with Crippen molar-refractivity contribution in [3.8, 4) is 0 Å². The van der Waals surface area contributed by atoms with Crippen molar-refractivity contribution < 1.29 is 13.9 Å². The van der Waals surface area contributed by atoms with E-state index in [0.717, 1.165) is 0 Å². The Morgan fingerprint density at radius 1 is 0.952 bits per heavy atom. The number of hydrogen-bond donors (Lipinski definition) is 1. The quantitative estimate of drug-likeness (QED) is 0.804. The molecular formula is C16H12F2N2O. The van der Waals surface area contributed by atoms with Gasteiger partial charge in [0.1, 0.15) is 11.6 Å². The smallest absolute Gasteiger partial charge is 0.129 e. The van der Waals surface area contributed by atoms with Crippen molar-refractivity contribution in [3.05, 3.63) is 71.6 Å². The Kier molecular flexibility index (Phi) is 3.58. The second-order valence-corrected chi connectivity index (χ2v) is 4.69. The summed E-state index contributed by atoms with van der Waals surface area (Å²) in [7, 11) is 0. The highest BCUT2D eigenvalue weighted by Crippen LogP contribution is 2.26. The molecule has 1 N–H and O–H groups in total. The number of aliphatic hydroxyl groups excluding tert-OH is 1. The molecule has 21 heavy (non-hydrogen) atoms. The molecule has 3 nitrogen and oxygen atoms in total. The predicted molar refractivity (Wildman–Crippen MR) is 74.6 cm³/mol. The van der Waals surface area contributed by atoms with Crippen molar-refractivity contribution in [3.63, 3.8) is 0 Å². The van der Waals surface area contributed by atoms with E-state index in [4.69, 9.17) is 0 Å². The van der Waals surface area contributed by atoms with Crippen molar-refractivity contribution in [1.29, 1.82) is 0 Å². The summed E-state index contributed by atoms with van der Waals surface area (Å²) in [5, 5.41) is 10.3. The highest BCUT2D eigenvalue weighted by atomic mass is 19.1. The number of hydrogen-bond acceptors (Lipinski definition) is 3. The minimum Gasteiger partial charge on any atom is -0.388 e. The van der Waals surface area contributed by atoms with Crippen LogP contribution in [0.4, 0.5) is 8.78 Å². The van der Waals surface area contributed by atoms with Crippen molar-refractivity contribution in [2.24, 2.45) is 0 Å². The van der Waals surface area contributed by atoms with Gasteiger partial charge in [0.25, 0.3) is 0 Å². The zero-order valence-corrected chi connectivity index (χ0v) is 11.0. The van der Waals surface area contributed by atoms with Crippen LogP contribution in [0.2, 0.25) is 0 Å². The lowest BCUT2D eigenvalue weighted by molar-refractivity contribution is 0.177. The number of benzene rings is 2. The predicted octanol–water partition coefficient (Wildman–Crippen LogP) is 3.18. The molecule has 1 atom stereocenters. The van der Waals surface area contributed by atoms with E-state index < -0.39 is 17.7 Å². The number of aromatic nitrogens is 2. The summed E-state index contributed by atoms with van der Waals surface area (Å²) < 4.78 is 27.3. The molecule has 3 rings (SSSR count). The Hall–Kier alpha value is -2.40. The van der Waals surface area contributed by atoms with Gasteiger partial charge in [0.15, 0.2) is 0 Å². The fourth-order valence-electron chi connectivity index (χ4n) is 2.31. The summed E-state index contributed by atoms with van der Waals surface area (Å²) in [6.45, 7) is 0. The van der Waals surface area contributed by atoms with Crippen LogP contribution in [0.3, 0.4) is 0 Å². The lowest BCUT2D eigenvalue weighted by Gasteiger charge is -2.13. The molecule has 1 heterocycles. The summed E-state index contributed by atoms with van der Waals surface area (Å²) in [6, 6.07) is 8.82. The Morgan fingerprint density at radius 2 is 1.62 bits per heavy atom. The largest absolute Gasteiger partial charge is 0.388 e. The molecule has 0 amide bonds. The first-order valence-electron chi connectivity index (χ1n) is 6.47. The highest BCUT2D eigenvalue weighted by Gasteiger charge is 2.17. The molecule has 0 saturated heterocycles. The zero-order chi connectivity index (χ0) is 14.8. The lowest BCUT2D eigenvalue weighted by atomic mass is 9.99. The van der Waals surface area contributed by atoms with Gasteiger partial charge in [-0.3, -0.25) is 9.97 Å². The second-order valence-electron chi connectivity index (χ2n) is 4.69. The van der Waals surface area contributed by atoms with Gasteiger partial charge in [-0.25, -0.2) is 8.78 Å². The van der Waals surface area contributed by atoms with Crippen molar-refractivity contribution in [2.45, 2.75) is 12.5 Å². The van der Waals surface area contributed by atoms with E-state index in [1.165, 1.54) is 24.4 Å². The van der Waals surface area contributed by atoms with E-state index in [9.17, 15) is 13.9 Å². The fraction of sp³-hybridized carbons (Fsp3) is 0.125. The summed E-state index contributed by atoms with van der Waals surface area (Å²) in [6.07, 6.45) is 1.85. The van der Waals surface area contributed by atoms with Gasteiger partial charge in [-0.2, -0.15) is 0 Å². The third kappa shape index (κ3) is 2.60. The van der Waals surface area contributed by atoms with Gasteiger partial charge >= 0.3 is 0 Å². The number of rotatable bonds is 3. The summed E-state index contributed by atoms with van der Waals surface area (Å²) >= 11 is 0. The van der Waals surface area contributed by atoms with Gasteiger partial charge in [-0.1, -0.05) is 18.2 Å². The van der Waals surface area contributed by atoms with Gasteiger partial charge < -0.3 is 5.11 Å². The van der Waals surface area contributed by atoms with E-state index in [-0.39, 0.29) is 12.0 Å². The normalized spacial score (nSPS) is 12.5. The first-order valence-corrected chi connectivity index (χ1v) is 6.47. The van der Waals surface area contributed by atoms with Crippen molar-refractivity contribution in [2.75, 3.05) is 0 Å². The zero-order valence-electron chi connectivity index (χ0n) is 11.0. The summed E-state index contributed by atoms with van der Waals surface area (Å²) in [4.78, 5) is 8.32. The van der Waals surface area contributed by atoms with Crippen LogP contribution < -0.4 is 0 Å². The third-order valence-electron chi connectivity index (χ3n) is 3.35. The number of nitrogens with zero attached hydrogens (tertiary/aromatic N) is 2. The number of aliphatic hydroxyl groups is 1. The first-order chi connectivity index (χ1) is 10.2. The Labute approximate surface area is 119 Å². The molecule has 0 bridgehead atoms. The van der Waals surface area contributed by atoms with Crippen LogP contribution in [0.5, 0.6) is 0 Å². The minimum absolute atomic E-state index is 0.133. The highest BCUT2D eigenvalue weighted by molar-refractivity contribution is 5.77. The molecule has 0 aliphatic carbocycles. The molecule has 0 saturated carbocycles. The van der Waals surface area contributed by atoms with Gasteiger partial charge in [-0.05, 0) is 18.2 Å². The summed E-state index contributed by atoms with van der Waals surface area (Å²) in [5.74, 6) is -1.33. The molecule has 1 aromatic heterocycles. The molecule has 0 radical (unpaired) electrons. The van der Waals surface area contributed by atoms with Crippen molar-refractivity contribution >= 4 is 11.0 Å². The van der Waals surface area contributed by atoms with Crippen LogP contribution >= 0.6 is 0 Å². The molecule has 1 unspecified atom stereocenters. The van der Waals surface area contributed by atoms with Crippen LogP contribution in [0, 0.1) is 11.6 Å². The summed E-state index contributed by atoms with van der Waals surface area (Å²) in [5.41, 5.74) is 1.53. The third-order valence-corrected chi connectivity index (χ3v) is 3.35. The second kappa shape index (κ2) is 5.54. The molecule has 0 aliphatic heterocycles. The average Bonchev–Trinajstić information content (AvgIpc) is 2.50. The van der Waals surface area contributed by atoms with E-state index in [2.05, 4.69) is 9.97 Å². The van der Waals surface area contributed by atoms with E-state index in [1.807, 2.05) is 0 Å². The van der Waals surface area contributed by atoms with Gasteiger partial charge in [0.2, 0.25) is 0 Å². The lowest BCUT2D eigenvalue weighted by Crippen LogP contribution is -2.07. The molecule has 0 spiro atoms. The van der Waals surface area contributed by atoms with Crippen LogP contribution in [0.15, 0.2) is 48.8 Å². The standard InChI is InChI=1S/C16H12F2N2O/c17-12-4-2-5-13(18)11(12)9-15(21)10-3-1-6-14-16(10)20-8-7-19-14/h1-8,15,21H,9H2. The van der Waals surface area contributed by atoms with Gasteiger partial charge in [0, 0.05) is 29.9 Å².